The highest BCUT2D eigenvalue weighted by molar-refractivity contribution is 7.27. The molecule has 29 heavy (non-hydrogen) atoms. The molecule has 3 aromatic carbocycles. The lowest BCUT2D eigenvalue weighted by molar-refractivity contribution is 0.0424. The first-order valence-electron chi connectivity index (χ1n) is 9.84. The summed E-state index contributed by atoms with van der Waals surface area (Å²) in [5.74, 6) is 0.263. The molecule has 0 unspecified atom stereocenters. The molecule has 148 valence electrons. The van der Waals surface area contributed by atoms with Gasteiger partial charge in [0, 0.05) is 30.7 Å². The summed E-state index contributed by atoms with van der Waals surface area (Å²) in [5, 5.41) is 13.8. The number of fused-ring (bicyclic) bond motifs is 3. The summed E-state index contributed by atoms with van der Waals surface area (Å²) in [6.45, 7) is 8.18. The quantitative estimate of drug-likeness (QED) is 0.371. The number of hydrogen-bond donors (Lipinski definition) is 1. The summed E-state index contributed by atoms with van der Waals surface area (Å²) in [6.07, 6.45) is 0. The zero-order chi connectivity index (χ0) is 20.8. The van der Waals surface area contributed by atoms with Crippen molar-refractivity contribution in [1.29, 1.82) is 0 Å². The van der Waals surface area contributed by atoms with E-state index < -0.39 is 12.7 Å². The predicted molar refractivity (Wildman–Crippen MR) is 127 cm³/mol. The zero-order valence-corrected chi connectivity index (χ0v) is 18.6. The second-order valence-corrected chi connectivity index (χ2v) is 9.71. The van der Waals surface area contributed by atoms with Gasteiger partial charge in [0.25, 0.3) is 0 Å². The highest BCUT2D eigenvalue weighted by Crippen LogP contribution is 2.40. The van der Waals surface area contributed by atoms with Gasteiger partial charge < -0.3 is 9.68 Å². The van der Waals surface area contributed by atoms with Gasteiger partial charge in [0.15, 0.2) is 0 Å². The minimum atomic E-state index is -1.04. The van der Waals surface area contributed by atoms with Gasteiger partial charge in [0.2, 0.25) is 0 Å². The third kappa shape index (κ3) is 3.83. The molecule has 2 nitrogen and oxygen atoms in total. The van der Waals surface area contributed by atoms with Crippen LogP contribution in [0, 0.1) is 5.92 Å². The third-order valence-corrected chi connectivity index (χ3v) is 7.27. The van der Waals surface area contributed by atoms with E-state index in [1.54, 1.807) is 11.3 Å². The lowest BCUT2D eigenvalue weighted by Crippen LogP contribution is -2.44. The Labute approximate surface area is 181 Å². The molecule has 4 aromatic rings. The SMILES string of the molecule is CC(C)C(C)(C)OB(O)c1cc(Cl)cc2c1sc1c(-c3ccccc3)cccc12. The topological polar surface area (TPSA) is 29.5 Å². The number of thiophene rings is 1. The van der Waals surface area contributed by atoms with E-state index >= 15 is 0 Å². The summed E-state index contributed by atoms with van der Waals surface area (Å²) in [5.41, 5.74) is 2.63. The molecule has 0 atom stereocenters. The van der Waals surface area contributed by atoms with E-state index in [-0.39, 0.29) is 5.92 Å². The smallest absolute Gasteiger partial charge is 0.423 e. The molecule has 5 heteroatoms. The van der Waals surface area contributed by atoms with Crippen molar-refractivity contribution in [2.75, 3.05) is 0 Å². The van der Waals surface area contributed by atoms with Crippen LogP contribution in [0.2, 0.25) is 5.02 Å². The Bertz CT molecular complexity index is 1170. The molecular formula is C24H24BClO2S. The van der Waals surface area contributed by atoms with E-state index in [9.17, 15) is 5.02 Å². The fourth-order valence-electron chi connectivity index (χ4n) is 3.41. The first-order valence-corrected chi connectivity index (χ1v) is 11.0. The molecule has 0 radical (unpaired) electrons. The van der Waals surface area contributed by atoms with Gasteiger partial charge in [-0.15, -0.1) is 11.3 Å². The summed E-state index contributed by atoms with van der Waals surface area (Å²) < 4.78 is 8.26. The molecule has 0 bridgehead atoms. The Morgan fingerprint density at radius 2 is 1.69 bits per heavy atom. The van der Waals surface area contributed by atoms with Crippen LogP contribution >= 0.6 is 22.9 Å². The largest absolute Gasteiger partial charge is 0.493 e. The van der Waals surface area contributed by atoms with E-state index in [1.165, 1.54) is 15.8 Å². The van der Waals surface area contributed by atoms with Crippen molar-refractivity contribution in [3.05, 3.63) is 65.7 Å². The number of halogens is 1. The van der Waals surface area contributed by atoms with Crippen molar-refractivity contribution in [3.8, 4) is 11.1 Å². The van der Waals surface area contributed by atoms with Crippen LogP contribution in [0.3, 0.4) is 0 Å². The fraction of sp³-hybridized carbons (Fsp3) is 0.250. The van der Waals surface area contributed by atoms with Crippen LogP contribution in [-0.2, 0) is 4.65 Å². The minimum absolute atomic E-state index is 0.263. The molecule has 0 saturated heterocycles. The second kappa shape index (κ2) is 7.77. The molecular weight excluding hydrogens is 399 g/mol. The monoisotopic (exact) mass is 422 g/mol. The molecule has 4 rings (SSSR count). The number of benzene rings is 3. The third-order valence-electron chi connectivity index (χ3n) is 5.75. The van der Waals surface area contributed by atoms with Gasteiger partial charge in [-0.25, -0.2) is 0 Å². The Hall–Kier alpha value is -1.85. The molecule has 1 heterocycles. The zero-order valence-electron chi connectivity index (χ0n) is 17.1. The van der Waals surface area contributed by atoms with Gasteiger partial charge in [-0.3, -0.25) is 0 Å². The molecule has 0 aliphatic rings. The standard InChI is InChI=1S/C24H24BClO2S/c1-15(2)24(3,4)28-25(27)21-14-17(26)13-20-19-12-8-11-18(22(19)29-23(20)21)16-9-6-5-7-10-16/h5-15,27H,1-4H3. The van der Waals surface area contributed by atoms with Crippen LogP contribution in [0.25, 0.3) is 31.3 Å². The summed E-state index contributed by atoms with van der Waals surface area (Å²) in [6, 6.07) is 20.5. The van der Waals surface area contributed by atoms with Gasteiger partial charge >= 0.3 is 7.12 Å². The van der Waals surface area contributed by atoms with Crippen molar-refractivity contribution in [2.45, 2.75) is 33.3 Å². The van der Waals surface area contributed by atoms with Crippen molar-refractivity contribution < 1.29 is 9.68 Å². The van der Waals surface area contributed by atoms with E-state index in [0.29, 0.717) is 5.02 Å². The van der Waals surface area contributed by atoms with Gasteiger partial charge in [-0.1, -0.05) is 74.0 Å². The second-order valence-electron chi connectivity index (χ2n) is 8.25. The Morgan fingerprint density at radius 3 is 2.38 bits per heavy atom. The van der Waals surface area contributed by atoms with Crippen molar-refractivity contribution in [3.63, 3.8) is 0 Å². The molecule has 0 amide bonds. The lowest BCUT2D eigenvalue weighted by Gasteiger charge is -2.31. The highest BCUT2D eigenvalue weighted by atomic mass is 35.5. The fourth-order valence-corrected chi connectivity index (χ4v) is 4.98. The van der Waals surface area contributed by atoms with Gasteiger partial charge in [0.1, 0.15) is 0 Å². The van der Waals surface area contributed by atoms with Crippen molar-refractivity contribution in [1.82, 2.24) is 0 Å². The van der Waals surface area contributed by atoms with E-state index in [0.717, 1.165) is 20.9 Å². The molecule has 1 aromatic heterocycles. The number of hydrogen-bond acceptors (Lipinski definition) is 3. The van der Waals surface area contributed by atoms with E-state index in [2.05, 4.69) is 56.3 Å². The van der Waals surface area contributed by atoms with Crippen LogP contribution in [0.5, 0.6) is 0 Å². The van der Waals surface area contributed by atoms with Crippen molar-refractivity contribution >= 4 is 55.7 Å². The molecule has 0 saturated carbocycles. The van der Waals surface area contributed by atoms with Crippen LogP contribution in [0.15, 0.2) is 60.7 Å². The molecule has 0 aliphatic carbocycles. The van der Waals surface area contributed by atoms with Crippen molar-refractivity contribution in [2.24, 2.45) is 5.92 Å². The van der Waals surface area contributed by atoms with Gasteiger partial charge in [0.05, 0.1) is 5.60 Å². The first kappa shape index (κ1) is 20.4. The lowest BCUT2D eigenvalue weighted by atomic mass is 9.76. The normalized spacial score (nSPS) is 12.2. The molecule has 1 N–H and O–H groups in total. The summed E-state index contributed by atoms with van der Waals surface area (Å²) in [7, 11) is -1.04. The van der Waals surface area contributed by atoms with Gasteiger partial charge in [-0.05, 0) is 43.0 Å². The Balaban J connectivity index is 1.91. The molecule has 0 fully saturated rings. The average molecular weight is 423 g/mol. The summed E-state index contributed by atoms with van der Waals surface area (Å²) in [4.78, 5) is 0. The number of rotatable bonds is 5. The van der Waals surface area contributed by atoms with E-state index in [4.69, 9.17) is 16.3 Å². The maximum Gasteiger partial charge on any atom is 0.493 e. The minimum Gasteiger partial charge on any atom is -0.423 e. The predicted octanol–water partition coefficient (Wildman–Crippen LogP) is 6.51. The molecule has 0 spiro atoms. The van der Waals surface area contributed by atoms with Crippen LogP contribution in [0.4, 0.5) is 0 Å². The molecule has 0 aliphatic heterocycles. The first-order chi connectivity index (χ1) is 13.8. The van der Waals surface area contributed by atoms with Gasteiger partial charge in [-0.2, -0.15) is 0 Å². The van der Waals surface area contributed by atoms with Crippen LogP contribution in [-0.4, -0.2) is 17.7 Å². The Kier molecular flexibility index (Phi) is 5.47. The highest BCUT2D eigenvalue weighted by Gasteiger charge is 2.32. The summed E-state index contributed by atoms with van der Waals surface area (Å²) >= 11 is 8.14. The maximum atomic E-state index is 11.0. The van der Waals surface area contributed by atoms with Crippen LogP contribution < -0.4 is 5.46 Å². The Morgan fingerprint density at radius 1 is 0.966 bits per heavy atom. The average Bonchev–Trinajstić information content (AvgIpc) is 3.06. The maximum absolute atomic E-state index is 11.0. The van der Waals surface area contributed by atoms with Crippen LogP contribution in [0.1, 0.15) is 27.7 Å². The van der Waals surface area contributed by atoms with E-state index in [1.807, 2.05) is 32.0 Å².